The van der Waals surface area contributed by atoms with Gasteiger partial charge in [0.2, 0.25) is 0 Å². The highest BCUT2D eigenvalue weighted by atomic mass is 16.3. The van der Waals surface area contributed by atoms with E-state index in [1.165, 1.54) is 0 Å². The molecular weight excluding hydrogens is 162 g/mol. The van der Waals surface area contributed by atoms with Crippen molar-refractivity contribution in [3.63, 3.8) is 0 Å². The summed E-state index contributed by atoms with van der Waals surface area (Å²) >= 11 is 0. The Balaban J connectivity index is 2.98. The second-order valence-electron chi connectivity index (χ2n) is 3.63. The molecule has 0 amide bonds. The molecule has 1 rings (SSSR count). The summed E-state index contributed by atoms with van der Waals surface area (Å²) in [4.78, 5) is 0. The molecule has 1 aromatic rings. The number of hydrogen-bond acceptors (Lipinski definition) is 2. The third kappa shape index (κ3) is 2.29. The Morgan fingerprint density at radius 1 is 1.31 bits per heavy atom. The number of aliphatic hydroxyl groups excluding tert-OH is 1. The molecule has 72 valence electrons. The second kappa shape index (κ2) is 4.40. The maximum Gasteiger partial charge on any atom is 0.0685 e. The molecule has 0 spiro atoms. The Hall–Kier alpha value is -0.860. The van der Waals surface area contributed by atoms with Gasteiger partial charge in [-0.25, -0.2) is 0 Å². The van der Waals surface area contributed by atoms with Crippen molar-refractivity contribution in [2.45, 2.75) is 26.5 Å². The molecule has 2 nitrogen and oxygen atoms in total. The summed E-state index contributed by atoms with van der Waals surface area (Å²) in [7, 11) is 0. The van der Waals surface area contributed by atoms with Crippen LogP contribution in [0.5, 0.6) is 0 Å². The van der Waals surface area contributed by atoms with E-state index in [0.717, 1.165) is 11.1 Å². The van der Waals surface area contributed by atoms with Crippen molar-refractivity contribution in [2.75, 3.05) is 0 Å². The number of nitrogens with two attached hydrogens (primary N) is 1. The fourth-order valence-electron chi connectivity index (χ4n) is 1.36. The van der Waals surface area contributed by atoms with Crippen LogP contribution in [-0.4, -0.2) is 5.11 Å². The van der Waals surface area contributed by atoms with E-state index in [1.54, 1.807) is 0 Å². The molecule has 1 atom stereocenters. The lowest BCUT2D eigenvalue weighted by Gasteiger charge is -2.18. The van der Waals surface area contributed by atoms with Gasteiger partial charge in [0.25, 0.3) is 0 Å². The molecule has 0 aromatic heterocycles. The zero-order valence-corrected chi connectivity index (χ0v) is 8.20. The van der Waals surface area contributed by atoms with E-state index in [9.17, 15) is 0 Å². The Kier molecular flexibility index (Phi) is 3.46. The largest absolute Gasteiger partial charge is 0.392 e. The summed E-state index contributed by atoms with van der Waals surface area (Å²) in [5.74, 6) is 0.396. The SMILES string of the molecule is CC(C)[C@H](N)c1ccccc1CO. The van der Waals surface area contributed by atoms with Gasteiger partial charge >= 0.3 is 0 Å². The molecule has 0 bridgehead atoms. The zero-order valence-electron chi connectivity index (χ0n) is 8.20. The van der Waals surface area contributed by atoms with Crippen molar-refractivity contribution in [1.29, 1.82) is 0 Å². The maximum absolute atomic E-state index is 9.09. The third-order valence-corrected chi connectivity index (χ3v) is 2.30. The van der Waals surface area contributed by atoms with Gasteiger partial charge in [-0.1, -0.05) is 38.1 Å². The fourth-order valence-corrected chi connectivity index (χ4v) is 1.36. The van der Waals surface area contributed by atoms with Crippen LogP contribution in [0.2, 0.25) is 0 Å². The van der Waals surface area contributed by atoms with Crippen LogP contribution in [-0.2, 0) is 6.61 Å². The van der Waals surface area contributed by atoms with Gasteiger partial charge in [-0.3, -0.25) is 0 Å². The first-order valence-corrected chi connectivity index (χ1v) is 4.61. The van der Waals surface area contributed by atoms with E-state index < -0.39 is 0 Å². The zero-order chi connectivity index (χ0) is 9.84. The minimum Gasteiger partial charge on any atom is -0.392 e. The van der Waals surface area contributed by atoms with E-state index in [1.807, 2.05) is 24.3 Å². The summed E-state index contributed by atoms with van der Waals surface area (Å²) in [6.45, 7) is 4.23. The second-order valence-corrected chi connectivity index (χ2v) is 3.63. The summed E-state index contributed by atoms with van der Waals surface area (Å²) in [5, 5.41) is 9.09. The summed E-state index contributed by atoms with van der Waals surface area (Å²) in [6, 6.07) is 7.79. The van der Waals surface area contributed by atoms with E-state index in [2.05, 4.69) is 13.8 Å². The molecular formula is C11H17NO. The lowest BCUT2D eigenvalue weighted by atomic mass is 9.93. The Labute approximate surface area is 79.4 Å². The Morgan fingerprint density at radius 3 is 2.46 bits per heavy atom. The van der Waals surface area contributed by atoms with Gasteiger partial charge < -0.3 is 10.8 Å². The molecule has 0 heterocycles. The van der Waals surface area contributed by atoms with E-state index in [0.29, 0.717) is 5.92 Å². The van der Waals surface area contributed by atoms with Gasteiger partial charge in [0.05, 0.1) is 6.61 Å². The molecule has 13 heavy (non-hydrogen) atoms. The van der Waals surface area contributed by atoms with Crippen molar-refractivity contribution >= 4 is 0 Å². The first-order valence-electron chi connectivity index (χ1n) is 4.61. The first-order chi connectivity index (χ1) is 6.16. The van der Waals surface area contributed by atoms with Crippen LogP contribution in [0.25, 0.3) is 0 Å². The highest BCUT2D eigenvalue weighted by molar-refractivity contribution is 5.29. The monoisotopic (exact) mass is 179 g/mol. The van der Waals surface area contributed by atoms with Crippen LogP contribution >= 0.6 is 0 Å². The van der Waals surface area contributed by atoms with Crippen molar-refractivity contribution < 1.29 is 5.11 Å². The first kappa shape index (κ1) is 10.2. The number of aliphatic hydroxyl groups is 1. The van der Waals surface area contributed by atoms with Crippen molar-refractivity contribution in [2.24, 2.45) is 11.7 Å². The average molecular weight is 179 g/mol. The molecule has 0 saturated carbocycles. The average Bonchev–Trinajstić information content (AvgIpc) is 2.16. The van der Waals surface area contributed by atoms with Crippen LogP contribution in [0.4, 0.5) is 0 Å². The molecule has 0 saturated heterocycles. The number of hydrogen-bond donors (Lipinski definition) is 2. The summed E-state index contributed by atoms with van der Waals surface area (Å²) in [6.07, 6.45) is 0. The fraction of sp³-hybridized carbons (Fsp3) is 0.455. The minimum absolute atomic E-state index is 0.0170. The van der Waals surface area contributed by atoms with Gasteiger partial charge in [0.15, 0.2) is 0 Å². The molecule has 3 N–H and O–H groups in total. The van der Waals surface area contributed by atoms with E-state index >= 15 is 0 Å². The highest BCUT2D eigenvalue weighted by Crippen LogP contribution is 2.22. The molecule has 0 aliphatic carbocycles. The van der Waals surface area contributed by atoms with Crippen molar-refractivity contribution in [3.05, 3.63) is 35.4 Å². The van der Waals surface area contributed by atoms with Gasteiger partial charge in [-0.2, -0.15) is 0 Å². The van der Waals surface area contributed by atoms with Crippen molar-refractivity contribution in [1.82, 2.24) is 0 Å². The Bertz CT molecular complexity index is 271. The molecule has 0 aliphatic rings. The Morgan fingerprint density at radius 2 is 1.92 bits per heavy atom. The van der Waals surface area contributed by atoms with Gasteiger partial charge in [0.1, 0.15) is 0 Å². The predicted octanol–water partition coefficient (Wildman–Crippen LogP) is 1.83. The van der Waals surface area contributed by atoms with E-state index in [4.69, 9.17) is 10.8 Å². The number of rotatable bonds is 3. The van der Waals surface area contributed by atoms with Crippen LogP contribution in [0.15, 0.2) is 24.3 Å². The lowest BCUT2D eigenvalue weighted by molar-refractivity contribution is 0.279. The molecule has 0 radical (unpaired) electrons. The number of benzene rings is 1. The van der Waals surface area contributed by atoms with Crippen LogP contribution in [0, 0.1) is 5.92 Å². The lowest BCUT2D eigenvalue weighted by Crippen LogP contribution is -2.18. The van der Waals surface area contributed by atoms with E-state index in [-0.39, 0.29) is 12.6 Å². The molecule has 0 fully saturated rings. The molecule has 2 heteroatoms. The molecule has 0 unspecified atom stereocenters. The van der Waals surface area contributed by atoms with Crippen LogP contribution in [0.3, 0.4) is 0 Å². The predicted molar refractivity (Wildman–Crippen MR) is 54.1 cm³/mol. The normalized spacial score (nSPS) is 13.3. The topological polar surface area (TPSA) is 46.2 Å². The summed E-state index contributed by atoms with van der Waals surface area (Å²) in [5.41, 5.74) is 7.99. The summed E-state index contributed by atoms with van der Waals surface area (Å²) < 4.78 is 0. The third-order valence-electron chi connectivity index (χ3n) is 2.30. The minimum atomic E-state index is 0.0170. The van der Waals surface area contributed by atoms with Gasteiger partial charge in [-0.15, -0.1) is 0 Å². The maximum atomic E-state index is 9.09. The van der Waals surface area contributed by atoms with Crippen LogP contribution < -0.4 is 5.73 Å². The highest BCUT2D eigenvalue weighted by Gasteiger charge is 2.12. The standard InChI is InChI=1S/C11H17NO/c1-8(2)11(12)10-6-4-3-5-9(10)7-13/h3-6,8,11,13H,7,12H2,1-2H3/t11-/m0/s1. The molecule has 0 aliphatic heterocycles. The van der Waals surface area contributed by atoms with Gasteiger partial charge in [0, 0.05) is 6.04 Å². The van der Waals surface area contributed by atoms with Crippen molar-refractivity contribution in [3.8, 4) is 0 Å². The van der Waals surface area contributed by atoms with Gasteiger partial charge in [-0.05, 0) is 17.0 Å². The molecule has 1 aromatic carbocycles. The van der Waals surface area contributed by atoms with Crippen LogP contribution in [0.1, 0.15) is 31.0 Å². The quantitative estimate of drug-likeness (QED) is 0.743. The smallest absolute Gasteiger partial charge is 0.0685 e.